The molecule has 1 aliphatic carbocycles. The van der Waals surface area contributed by atoms with Crippen LogP contribution in [0, 0.1) is 6.92 Å². The maximum absolute atomic E-state index is 6.16. The van der Waals surface area contributed by atoms with Gasteiger partial charge in [-0.1, -0.05) is 84.4 Å². The third kappa shape index (κ3) is 1.74. The van der Waals surface area contributed by atoms with Gasteiger partial charge in [0.25, 0.3) is 0 Å². The molecule has 6 rings (SSSR count). The van der Waals surface area contributed by atoms with E-state index in [1.165, 1.54) is 38.6 Å². The second kappa shape index (κ2) is 5.11. The summed E-state index contributed by atoms with van der Waals surface area (Å²) in [5.41, 5.74) is 8.15. The van der Waals surface area contributed by atoms with E-state index in [2.05, 4.69) is 97.9 Å². The van der Waals surface area contributed by atoms with Crippen LogP contribution in [0.25, 0.3) is 21.9 Å². The quantitative estimate of drug-likeness (QED) is 0.345. The summed E-state index contributed by atoms with van der Waals surface area (Å²) in [6, 6.07) is 32.8. The van der Waals surface area contributed by atoms with Gasteiger partial charge in [0.2, 0.25) is 0 Å². The number of aryl methyl sites for hydroxylation is 1. The Morgan fingerprint density at radius 1 is 0.593 bits per heavy atom. The van der Waals surface area contributed by atoms with E-state index in [4.69, 9.17) is 4.42 Å². The van der Waals surface area contributed by atoms with Crippen LogP contribution in [-0.2, 0) is 5.41 Å². The van der Waals surface area contributed by atoms with Crippen molar-refractivity contribution in [3.63, 3.8) is 0 Å². The Kier molecular flexibility index (Phi) is 2.80. The fraction of sp³-hybridized carbons (Fsp3) is 0.0769. The number of hydrogen-bond acceptors (Lipinski definition) is 1. The van der Waals surface area contributed by atoms with E-state index in [1.54, 1.807) is 0 Å². The van der Waals surface area contributed by atoms with Gasteiger partial charge in [0.15, 0.2) is 0 Å². The van der Waals surface area contributed by atoms with Crippen molar-refractivity contribution in [2.45, 2.75) is 12.3 Å². The fourth-order valence-corrected chi connectivity index (χ4v) is 4.99. The Hall–Kier alpha value is -3.32. The summed E-state index contributed by atoms with van der Waals surface area (Å²) < 4.78 is 6.16. The van der Waals surface area contributed by atoms with Gasteiger partial charge in [-0.2, -0.15) is 0 Å². The number of rotatable bonds is 2. The summed E-state index contributed by atoms with van der Waals surface area (Å²) in [4.78, 5) is 0. The molecular weight excluding hydrogens is 328 g/mol. The second-order valence-electron chi connectivity index (χ2n) is 7.44. The zero-order chi connectivity index (χ0) is 18.0. The van der Waals surface area contributed by atoms with Crippen molar-refractivity contribution >= 4 is 21.9 Å². The molecule has 5 aromatic rings. The topological polar surface area (TPSA) is 13.1 Å². The molecule has 1 heteroatoms. The van der Waals surface area contributed by atoms with Gasteiger partial charge in [-0.25, -0.2) is 0 Å². The van der Waals surface area contributed by atoms with E-state index in [9.17, 15) is 0 Å². The normalized spacial score (nSPS) is 14.4. The summed E-state index contributed by atoms with van der Waals surface area (Å²) in [6.45, 7) is 2.17. The van der Waals surface area contributed by atoms with E-state index in [0.717, 1.165) is 11.2 Å². The lowest BCUT2D eigenvalue weighted by Crippen LogP contribution is -2.29. The van der Waals surface area contributed by atoms with Crippen molar-refractivity contribution in [2.24, 2.45) is 0 Å². The number of furan rings is 1. The Morgan fingerprint density at radius 3 is 1.81 bits per heavy atom. The van der Waals surface area contributed by atoms with Crippen molar-refractivity contribution in [2.75, 3.05) is 0 Å². The van der Waals surface area contributed by atoms with Gasteiger partial charge >= 0.3 is 0 Å². The van der Waals surface area contributed by atoms with Crippen LogP contribution in [0.5, 0.6) is 0 Å². The Morgan fingerprint density at radius 2 is 1.19 bits per heavy atom. The smallest absolute Gasteiger partial charge is 0.135 e. The molecule has 0 amide bonds. The molecule has 1 nitrogen and oxygen atoms in total. The van der Waals surface area contributed by atoms with Crippen LogP contribution in [0.2, 0.25) is 0 Å². The van der Waals surface area contributed by atoms with Crippen molar-refractivity contribution in [1.29, 1.82) is 0 Å². The molecule has 0 N–H and O–H groups in total. The minimum atomic E-state index is -0.312. The lowest BCUT2D eigenvalue weighted by Gasteiger charge is -2.34. The molecule has 0 atom stereocenters. The molecular formula is C26H18O. The highest BCUT2D eigenvalue weighted by molar-refractivity contribution is 6.14. The van der Waals surface area contributed by atoms with E-state index < -0.39 is 0 Å². The maximum atomic E-state index is 6.16. The molecule has 0 spiro atoms. The molecule has 1 aromatic heterocycles. The predicted octanol–water partition coefficient (Wildman–Crippen LogP) is 6.59. The van der Waals surface area contributed by atoms with Gasteiger partial charge in [0.05, 0.1) is 5.41 Å². The number of hydrogen-bond donors (Lipinski definition) is 0. The molecule has 128 valence electrons. The summed E-state index contributed by atoms with van der Waals surface area (Å²) in [7, 11) is 0. The molecule has 0 aliphatic heterocycles. The van der Waals surface area contributed by atoms with Gasteiger partial charge in [-0.3, -0.25) is 0 Å². The van der Waals surface area contributed by atoms with Crippen LogP contribution in [-0.4, -0.2) is 0 Å². The zero-order valence-electron chi connectivity index (χ0n) is 15.1. The van der Waals surface area contributed by atoms with Crippen molar-refractivity contribution in [1.82, 2.24) is 0 Å². The lowest BCUT2D eigenvalue weighted by molar-refractivity contribution is 0.663. The van der Waals surface area contributed by atoms with Crippen LogP contribution in [0.4, 0.5) is 0 Å². The molecule has 0 radical (unpaired) electrons. The van der Waals surface area contributed by atoms with E-state index in [-0.39, 0.29) is 5.41 Å². The van der Waals surface area contributed by atoms with Gasteiger partial charge in [0.1, 0.15) is 11.2 Å². The standard InChI is InChI=1S/C26H18O/c1-17-8-5-11-19(16-17)26(18-9-3-2-4-10-18)20-12-6-14-22-24(20)25-21(26)13-7-15-23(25)27-22/h2-16H,1H3. The first kappa shape index (κ1) is 14.8. The SMILES string of the molecule is Cc1cccc(C2(c3ccccc3)c3cccc4oc5cccc2c5c34)c1. The molecule has 0 saturated carbocycles. The number of benzene rings is 4. The van der Waals surface area contributed by atoms with E-state index in [1.807, 2.05) is 0 Å². The minimum absolute atomic E-state index is 0.312. The second-order valence-corrected chi connectivity index (χ2v) is 7.44. The van der Waals surface area contributed by atoms with E-state index in [0.29, 0.717) is 0 Å². The van der Waals surface area contributed by atoms with Crippen LogP contribution < -0.4 is 0 Å². The minimum Gasteiger partial charge on any atom is -0.456 e. The van der Waals surface area contributed by atoms with Crippen LogP contribution in [0.15, 0.2) is 95.4 Å². The van der Waals surface area contributed by atoms with Crippen LogP contribution in [0.1, 0.15) is 27.8 Å². The van der Waals surface area contributed by atoms with Crippen molar-refractivity contribution in [3.05, 3.63) is 119 Å². The van der Waals surface area contributed by atoms with Gasteiger partial charge in [-0.05, 0) is 41.3 Å². The molecule has 1 heterocycles. The van der Waals surface area contributed by atoms with Crippen molar-refractivity contribution in [3.8, 4) is 0 Å². The summed E-state index contributed by atoms with van der Waals surface area (Å²) in [6.07, 6.45) is 0. The molecule has 27 heavy (non-hydrogen) atoms. The first-order valence-corrected chi connectivity index (χ1v) is 9.38. The highest BCUT2D eigenvalue weighted by Gasteiger charge is 2.45. The van der Waals surface area contributed by atoms with Gasteiger partial charge in [-0.15, -0.1) is 0 Å². The third-order valence-corrected chi connectivity index (χ3v) is 5.99. The summed E-state index contributed by atoms with van der Waals surface area (Å²) >= 11 is 0. The highest BCUT2D eigenvalue weighted by atomic mass is 16.3. The molecule has 0 fully saturated rings. The maximum Gasteiger partial charge on any atom is 0.135 e. The predicted molar refractivity (Wildman–Crippen MR) is 110 cm³/mol. The lowest BCUT2D eigenvalue weighted by atomic mass is 9.67. The zero-order valence-corrected chi connectivity index (χ0v) is 15.1. The monoisotopic (exact) mass is 346 g/mol. The molecule has 1 aliphatic rings. The Bertz CT molecular complexity index is 1270. The highest BCUT2D eigenvalue weighted by Crippen LogP contribution is 2.56. The first-order valence-electron chi connectivity index (χ1n) is 9.38. The van der Waals surface area contributed by atoms with Gasteiger partial charge in [0, 0.05) is 10.8 Å². The molecule has 0 saturated heterocycles. The average molecular weight is 346 g/mol. The molecule has 4 aromatic carbocycles. The van der Waals surface area contributed by atoms with Crippen LogP contribution >= 0.6 is 0 Å². The third-order valence-electron chi connectivity index (χ3n) is 5.99. The molecule has 0 bridgehead atoms. The van der Waals surface area contributed by atoms with E-state index >= 15 is 0 Å². The Balaban J connectivity index is 1.87. The van der Waals surface area contributed by atoms with Crippen LogP contribution in [0.3, 0.4) is 0 Å². The summed E-state index contributed by atoms with van der Waals surface area (Å²) in [5.74, 6) is 0. The average Bonchev–Trinajstić information content (AvgIpc) is 3.24. The first-order chi connectivity index (χ1) is 13.3. The fourth-order valence-electron chi connectivity index (χ4n) is 4.99. The Labute approximate surface area is 157 Å². The van der Waals surface area contributed by atoms with Gasteiger partial charge < -0.3 is 4.42 Å². The summed E-state index contributed by atoms with van der Waals surface area (Å²) in [5, 5.41) is 2.52. The largest absolute Gasteiger partial charge is 0.456 e. The van der Waals surface area contributed by atoms with Crippen molar-refractivity contribution < 1.29 is 4.42 Å². The molecule has 0 unspecified atom stereocenters.